The molecule has 19 heavy (non-hydrogen) atoms. The number of ketones is 1. The average Bonchev–Trinajstić information content (AvgIpc) is 2.66. The SMILES string of the molecule is C/C=C\CC1(C(=O)OCC)CCC(OC(C)=O)C1=O. The van der Waals surface area contributed by atoms with Crippen molar-refractivity contribution in [3.63, 3.8) is 0 Å². The predicted molar refractivity (Wildman–Crippen MR) is 68.3 cm³/mol. The van der Waals surface area contributed by atoms with Gasteiger partial charge in [0.1, 0.15) is 5.41 Å². The van der Waals surface area contributed by atoms with Crippen LogP contribution in [0.3, 0.4) is 0 Å². The van der Waals surface area contributed by atoms with Crippen LogP contribution in [0.5, 0.6) is 0 Å². The molecule has 0 aliphatic heterocycles. The summed E-state index contributed by atoms with van der Waals surface area (Å²) in [4.78, 5) is 35.4. The highest BCUT2D eigenvalue weighted by atomic mass is 16.6. The third-order valence-corrected chi connectivity index (χ3v) is 3.27. The summed E-state index contributed by atoms with van der Waals surface area (Å²) in [7, 11) is 0. The molecular weight excluding hydrogens is 248 g/mol. The molecule has 0 bridgehead atoms. The maximum absolute atomic E-state index is 12.4. The van der Waals surface area contributed by atoms with E-state index < -0.39 is 23.5 Å². The first-order valence-electron chi connectivity index (χ1n) is 6.48. The zero-order valence-corrected chi connectivity index (χ0v) is 11.6. The van der Waals surface area contributed by atoms with Gasteiger partial charge in [0.2, 0.25) is 0 Å². The van der Waals surface area contributed by atoms with Crippen molar-refractivity contribution in [1.82, 2.24) is 0 Å². The maximum atomic E-state index is 12.4. The lowest BCUT2D eigenvalue weighted by Crippen LogP contribution is -2.40. The number of ether oxygens (including phenoxy) is 2. The van der Waals surface area contributed by atoms with Gasteiger partial charge in [-0.2, -0.15) is 0 Å². The smallest absolute Gasteiger partial charge is 0.320 e. The van der Waals surface area contributed by atoms with Gasteiger partial charge in [-0.05, 0) is 33.1 Å². The summed E-state index contributed by atoms with van der Waals surface area (Å²) in [5.41, 5.74) is -1.19. The van der Waals surface area contributed by atoms with Gasteiger partial charge in [0.15, 0.2) is 11.9 Å². The standard InChI is InChI=1S/C14H20O5/c1-4-6-8-14(13(17)18-5-2)9-7-11(12(14)16)19-10(3)15/h4,6,11H,5,7-9H2,1-3H3/b6-4-. The minimum absolute atomic E-state index is 0.224. The van der Waals surface area contributed by atoms with Gasteiger partial charge in [-0.25, -0.2) is 0 Å². The average molecular weight is 268 g/mol. The van der Waals surface area contributed by atoms with Gasteiger partial charge in [-0.1, -0.05) is 12.2 Å². The molecule has 0 heterocycles. The van der Waals surface area contributed by atoms with Crippen LogP contribution in [0.1, 0.15) is 40.0 Å². The third kappa shape index (κ3) is 3.22. The van der Waals surface area contributed by atoms with E-state index in [1.165, 1.54) is 6.92 Å². The summed E-state index contributed by atoms with van der Waals surface area (Å²) in [6, 6.07) is 0. The molecule has 0 aromatic carbocycles. The van der Waals surface area contributed by atoms with Crippen molar-refractivity contribution in [3.05, 3.63) is 12.2 Å². The highest BCUT2D eigenvalue weighted by Crippen LogP contribution is 2.41. The molecule has 0 aromatic rings. The molecule has 1 rings (SSSR count). The topological polar surface area (TPSA) is 69.7 Å². The van der Waals surface area contributed by atoms with Crippen LogP contribution in [0.15, 0.2) is 12.2 Å². The number of allylic oxidation sites excluding steroid dienone is 2. The summed E-state index contributed by atoms with van der Waals surface area (Å²) in [5.74, 6) is -1.38. The zero-order chi connectivity index (χ0) is 14.5. The number of hydrogen-bond acceptors (Lipinski definition) is 5. The molecule has 0 aromatic heterocycles. The normalized spacial score (nSPS) is 26.7. The molecule has 0 radical (unpaired) electrons. The van der Waals surface area contributed by atoms with Crippen molar-refractivity contribution in [3.8, 4) is 0 Å². The first kappa shape index (κ1) is 15.4. The van der Waals surface area contributed by atoms with Crippen LogP contribution in [0.4, 0.5) is 0 Å². The van der Waals surface area contributed by atoms with Crippen LogP contribution in [0.25, 0.3) is 0 Å². The molecule has 1 fully saturated rings. The van der Waals surface area contributed by atoms with Crippen LogP contribution >= 0.6 is 0 Å². The predicted octanol–water partition coefficient (Wildman–Crippen LogP) is 1.80. The molecule has 1 aliphatic rings. The van der Waals surface area contributed by atoms with Crippen LogP contribution in [0.2, 0.25) is 0 Å². The van der Waals surface area contributed by atoms with Crippen LogP contribution in [-0.4, -0.2) is 30.4 Å². The van der Waals surface area contributed by atoms with E-state index >= 15 is 0 Å². The Morgan fingerprint density at radius 1 is 1.47 bits per heavy atom. The van der Waals surface area contributed by atoms with Crippen LogP contribution in [0, 0.1) is 5.41 Å². The van der Waals surface area contributed by atoms with Crippen LogP contribution < -0.4 is 0 Å². The van der Waals surface area contributed by atoms with Crippen molar-refractivity contribution in [2.45, 2.75) is 46.1 Å². The molecule has 2 unspecified atom stereocenters. The molecule has 0 amide bonds. The minimum Gasteiger partial charge on any atom is -0.465 e. The number of hydrogen-bond donors (Lipinski definition) is 0. The fraction of sp³-hybridized carbons (Fsp3) is 0.643. The molecule has 5 heteroatoms. The summed E-state index contributed by atoms with van der Waals surface area (Å²) in [5, 5.41) is 0. The van der Waals surface area contributed by atoms with E-state index in [-0.39, 0.29) is 12.4 Å². The van der Waals surface area contributed by atoms with Crippen molar-refractivity contribution >= 4 is 17.7 Å². The number of carbonyl (C=O) groups is 3. The second kappa shape index (κ2) is 6.50. The lowest BCUT2D eigenvalue weighted by molar-refractivity contribution is -0.163. The van der Waals surface area contributed by atoms with Gasteiger partial charge in [0, 0.05) is 6.92 Å². The Kier molecular flexibility index (Phi) is 5.27. The Morgan fingerprint density at radius 2 is 2.16 bits per heavy atom. The lowest BCUT2D eigenvalue weighted by atomic mass is 9.81. The Morgan fingerprint density at radius 3 is 2.68 bits per heavy atom. The van der Waals surface area contributed by atoms with Crippen molar-refractivity contribution < 1.29 is 23.9 Å². The van der Waals surface area contributed by atoms with Crippen molar-refractivity contribution in [2.24, 2.45) is 5.41 Å². The van der Waals surface area contributed by atoms with Gasteiger partial charge in [0.25, 0.3) is 0 Å². The highest BCUT2D eigenvalue weighted by Gasteiger charge is 2.54. The molecule has 5 nitrogen and oxygen atoms in total. The van der Waals surface area contributed by atoms with Crippen LogP contribution in [-0.2, 0) is 23.9 Å². The zero-order valence-electron chi connectivity index (χ0n) is 11.6. The number of Topliss-reactive ketones (excluding diaryl/α,β-unsaturated/α-hetero) is 1. The number of esters is 2. The maximum Gasteiger partial charge on any atom is 0.320 e. The van der Waals surface area contributed by atoms with Crippen molar-refractivity contribution in [2.75, 3.05) is 6.61 Å². The van der Waals surface area contributed by atoms with E-state index in [1.54, 1.807) is 19.1 Å². The molecule has 1 aliphatic carbocycles. The Labute approximate surface area is 112 Å². The Hall–Kier alpha value is -1.65. The fourth-order valence-corrected chi connectivity index (χ4v) is 2.33. The Balaban J connectivity index is 2.96. The lowest BCUT2D eigenvalue weighted by Gasteiger charge is -2.23. The summed E-state index contributed by atoms with van der Waals surface area (Å²) in [6.07, 6.45) is 3.74. The van der Waals surface area contributed by atoms with E-state index in [4.69, 9.17) is 9.47 Å². The van der Waals surface area contributed by atoms with Gasteiger partial charge < -0.3 is 9.47 Å². The summed E-state index contributed by atoms with van der Waals surface area (Å²) >= 11 is 0. The molecule has 106 valence electrons. The first-order valence-corrected chi connectivity index (χ1v) is 6.48. The third-order valence-electron chi connectivity index (χ3n) is 3.27. The van der Waals surface area contributed by atoms with Crippen molar-refractivity contribution in [1.29, 1.82) is 0 Å². The minimum atomic E-state index is -1.19. The van der Waals surface area contributed by atoms with E-state index in [1.807, 2.05) is 6.92 Å². The van der Waals surface area contributed by atoms with Gasteiger partial charge in [-0.15, -0.1) is 0 Å². The molecule has 0 saturated heterocycles. The second-order valence-corrected chi connectivity index (χ2v) is 4.58. The highest BCUT2D eigenvalue weighted by molar-refractivity contribution is 6.08. The van der Waals surface area contributed by atoms with E-state index in [0.29, 0.717) is 19.3 Å². The largest absolute Gasteiger partial charge is 0.465 e. The molecule has 1 saturated carbocycles. The second-order valence-electron chi connectivity index (χ2n) is 4.58. The Bertz CT molecular complexity index is 399. The van der Waals surface area contributed by atoms with Gasteiger partial charge in [0.05, 0.1) is 6.61 Å². The molecular formula is C14H20O5. The fourth-order valence-electron chi connectivity index (χ4n) is 2.33. The first-order chi connectivity index (χ1) is 8.97. The van der Waals surface area contributed by atoms with E-state index in [0.717, 1.165) is 0 Å². The molecule has 0 N–H and O–H groups in total. The van der Waals surface area contributed by atoms with Gasteiger partial charge in [-0.3, -0.25) is 14.4 Å². The molecule has 2 atom stereocenters. The van der Waals surface area contributed by atoms with E-state index in [2.05, 4.69) is 0 Å². The quantitative estimate of drug-likeness (QED) is 0.432. The number of carbonyl (C=O) groups excluding carboxylic acids is 3. The van der Waals surface area contributed by atoms with Gasteiger partial charge >= 0.3 is 11.9 Å². The summed E-state index contributed by atoms with van der Waals surface area (Å²) in [6.45, 7) is 5.00. The summed E-state index contributed by atoms with van der Waals surface area (Å²) < 4.78 is 9.98. The monoisotopic (exact) mass is 268 g/mol. The number of rotatable bonds is 5. The van der Waals surface area contributed by atoms with E-state index in [9.17, 15) is 14.4 Å². The molecule has 0 spiro atoms.